The van der Waals surface area contributed by atoms with E-state index < -0.39 is 18.1 Å². The lowest BCUT2D eigenvalue weighted by molar-refractivity contribution is -0.138. The van der Waals surface area contributed by atoms with Gasteiger partial charge in [0, 0.05) is 62.5 Å². The number of aliphatic hydroxyl groups is 1. The minimum Gasteiger partial charge on any atom is -0.480 e. The number of imidazole rings is 1. The molecular weight excluding hydrogens is 863 g/mol. The third-order valence-corrected chi connectivity index (χ3v) is 10.9. The molecule has 0 aliphatic heterocycles. The third-order valence-electron chi connectivity index (χ3n) is 8.74. The maximum atomic E-state index is 12.3. The van der Waals surface area contributed by atoms with Crippen molar-refractivity contribution < 1.29 is 48.8 Å². The number of rotatable bonds is 31. The van der Waals surface area contributed by atoms with Crippen LogP contribution < -0.4 is 33.3 Å². The minimum atomic E-state index is -1.03. The normalized spacial score (nSPS) is 12.7. The highest BCUT2D eigenvalue weighted by Crippen LogP contribution is 2.16. The molecule has 22 heteroatoms. The fraction of sp³-hybridized carbons (Fsp3) is 0.605. The first-order valence-electron chi connectivity index (χ1n) is 21.7. The number of hydrogen-bond donors (Lipinski definition) is 9. The van der Waals surface area contributed by atoms with E-state index >= 15 is 0 Å². The molecule has 65 heavy (non-hydrogen) atoms. The molecular formula is C43H72N11O10S+. The van der Waals surface area contributed by atoms with Crippen molar-refractivity contribution in [2.45, 2.75) is 77.5 Å². The summed E-state index contributed by atoms with van der Waals surface area (Å²) in [5, 5.41) is 38.2. The van der Waals surface area contributed by atoms with Crippen LogP contribution in [0.4, 0.5) is 5.82 Å². The molecule has 12 N–H and O–H groups in total. The van der Waals surface area contributed by atoms with Crippen LogP contribution in [0.5, 0.6) is 0 Å². The number of nitrogens with one attached hydrogen (secondary N) is 3. The van der Waals surface area contributed by atoms with Gasteiger partial charge in [-0.3, -0.25) is 14.4 Å². The van der Waals surface area contributed by atoms with Crippen LogP contribution in [-0.2, 0) is 39.4 Å². The summed E-state index contributed by atoms with van der Waals surface area (Å²) in [6.45, 7) is 10.6. The maximum absolute atomic E-state index is 12.3. The second-order valence-corrected chi connectivity index (χ2v) is 16.0. The van der Waals surface area contributed by atoms with E-state index in [4.69, 9.17) is 41.3 Å². The Balaban J connectivity index is 0.00000103. The number of hydrazone groups is 1. The van der Waals surface area contributed by atoms with E-state index in [0.29, 0.717) is 125 Å². The zero-order valence-corrected chi connectivity index (χ0v) is 39.1. The zero-order chi connectivity index (χ0) is 48.1. The van der Waals surface area contributed by atoms with E-state index in [0.717, 1.165) is 29.7 Å². The predicted octanol–water partition coefficient (Wildman–Crippen LogP) is 1.11. The Labute approximate surface area is 385 Å². The summed E-state index contributed by atoms with van der Waals surface area (Å²) in [6, 6.07) is 5.90. The van der Waals surface area contributed by atoms with Gasteiger partial charge in [0.25, 0.3) is 5.91 Å². The highest BCUT2D eigenvalue weighted by atomic mass is 32.2. The van der Waals surface area contributed by atoms with Crippen LogP contribution in [0.25, 0.3) is 11.2 Å². The highest BCUT2D eigenvalue weighted by Gasteiger charge is 2.28. The molecule has 364 valence electrons. The number of unbranched alkanes of at least 4 members (excludes halogenated alkanes) is 2. The van der Waals surface area contributed by atoms with Gasteiger partial charge in [-0.2, -0.15) is 9.83 Å². The number of ether oxygens (including phenoxy) is 4. The number of anilines is 1. The largest absolute Gasteiger partial charge is 0.480 e. The fourth-order valence-electron chi connectivity index (χ4n) is 5.19. The van der Waals surface area contributed by atoms with E-state index in [9.17, 15) is 24.7 Å². The van der Waals surface area contributed by atoms with Crippen molar-refractivity contribution in [1.82, 2.24) is 30.4 Å². The van der Waals surface area contributed by atoms with Crippen LogP contribution >= 0.6 is 0 Å². The second kappa shape index (κ2) is 37.3. The number of methoxy groups -OCH3 is 1. The molecule has 0 saturated carbocycles. The predicted molar refractivity (Wildman–Crippen MR) is 253 cm³/mol. The average molecular weight is 935 g/mol. The number of carboxylic acid groups (broad SMARTS) is 1. The molecule has 0 saturated heterocycles. The molecule has 3 aromatic rings. The summed E-state index contributed by atoms with van der Waals surface area (Å²) in [7, 11) is 1.27. The highest BCUT2D eigenvalue weighted by molar-refractivity contribution is 7.97. The first kappa shape index (κ1) is 58.1. The minimum absolute atomic E-state index is 0.208. The quantitative estimate of drug-likeness (QED) is 0.0109. The van der Waals surface area contributed by atoms with Crippen LogP contribution in [0.3, 0.4) is 0 Å². The molecule has 4 atom stereocenters. The van der Waals surface area contributed by atoms with Gasteiger partial charge >= 0.3 is 5.97 Å². The SMILES string of the molecule is CC.COC(C[S+](CC#CCCCCC(=O)N/N=C\c1ccc(C(=O)NCCOCCOCCOCCN)cc1)CCC(N)C(=O)O)[C@@H](C)O.NCCCNc1ncnc2c1ncn2O. The Morgan fingerprint density at radius 3 is 2.28 bits per heavy atom. The van der Waals surface area contributed by atoms with Gasteiger partial charge in [-0.05, 0) is 56.3 Å². The van der Waals surface area contributed by atoms with Gasteiger partial charge in [0.05, 0.1) is 52.0 Å². The first-order valence-corrected chi connectivity index (χ1v) is 23.5. The van der Waals surface area contributed by atoms with Crippen molar-refractivity contribution in [1.29, 1.82) is 0 Å². The van der Waals surface area contributed by atoms with Crippen LogP contribution in [0.1, 0.15) is 75.2 Å². The van der Waals surface area contributed by atoms with Crippen molar-refractivity contribution in [3.05, 3.63) is 48.0 Å². The summed E-state index contributed by atoms with van der Waals surface area (Å²) < 4.78 is 22.2. The van der Waals surface area contributed by atoms with Crippen molar-refractivity contribution in [3.63, 3.8) is 0 Å². The van der Waals surface area contributed by atoms with Gasteiger partial charge < -0.3 is 62.2 Å². The van der Waals surface area contributed by atoms with Gasteiger partial charge in [-0.25, -0.2) is 20.4 Å². The van der Waals surface area contributed by atoms with Gasteiger partial charge in [0.1, 0.15) is 36.3 Å². The van der Waals surface area contributed by atoms with Crippen LogP contribution in [0.15, 0.2) is 42.0 Å². The average Bonchev–Trinajstić information content (AvgIpc) is 3.70. The molecule has 3 rings (SSSR count). The summed E-state index contributed by atoms with van der Waals surface area (Å²) >= 11 is 0. The van der Waals surface area contributed by atoms with E-state index in [1.54, 1.807) is 38.3 Å². The number of carbonyl (C=O) groups is 3. The molecule has 2 amide bonds. The molecule has 0 aliphatic carbocycles. The molecule has 0 spiro atoms. The van der Waals surface area contributed by atoms with Crippen molar-refractivity contribution in [2.75, 3.05) is 95.5 Å². The summed E-state index contributed by atoms with van der Waals surface area (Å²) in [6.07, 6.45) is 6.68. The number of benzene rings is 1. The first-order chi connectivity index (χ1) is 31.5. The van der Waals surface area contributed by atoms with Crippen molar-refractivity contribution >= 4 is 51.9 Å². The number of aromatic nitrogens is 4. The number of nitrogens with two attached hydrogens (primary N) is 3. The van der Waals surface area contributed by atoms with E-state index in [-0.39, 0.29) is 28.8 Å². The Hall–Kier alpha value is -4.96. The molecule has 2 aromatic heterocycles. The van der Waals surface area contributed by atoms with Crippen LogP contribution in [0.2, 0.25) is 0 Å². The van der Waals surface area contributed by atoms with Crippen molar-refractivity contribution in [3.8, 4) is 11.8 Å². The fourth-order valence-corrected chi connectivity index (χ4v) is 7.39. The topological polar surface area (TPSA) is 319 Å². The molecule has 2 heterocycles. The number of nitrogens with zero attached hydrogens (tertiary/aromatic N) is 5. The number of aliphatic hydroxyl groups excluding tert-OH is 1. The lowest BCUT2D eigenvalue weighted by atomic mass is 10.1. The van der Waals surface area contributed by atoms with Crippen LogP contribution in [0, 0.1) is 11.8 Å². The number of amides is 2. The Kier molecular flexibility index (Phi) is 33.3. The molecule has 1 aromatic carbocycles. The standard InChI is InChI=1S/C33H53N5O9S.C8H12N6O.C2H6/c1-26(39)30(44-2)25-48(23-13-29(35)33(42)43)22-7-5-3-4-6-8-31(40)38-37-24-27-9-11-28(12-10-27)32(41)36-15-17-46-19-21-47-20-18-45-16-14-34;9-2-1-3-10-7-6-8(12-4-11-7)14(15)5-13-6;1-2/h9-12,24,26,29-30,39H,3-4,6,8,13-23,25,34-35H2,1-2H3,(H2-,36,38,40,41,42,43);4-5,15H,1-3,9H2,(H,10,11,12);1-2H3/p+1/t26-,29?,30?,48?;;/m1../s1. The van der Waals surface area contributed by atoms with E-state index in [1.165, 1.54) is 18.9 Å². The molecule has 0 radical (unpaired) electrons. The maximum Gasteiger partial charge on any atom is 0.320 e. The zero-order valence-electron chi connectivity index (χ0n) is 38.3. The summed E-state index contributed by atoms with van der Waals surface area (Å²) in [4.78, 5) is 47.5. The van der Waals surface area contributed by atoms with Crippen LogP contribution in [-0.4, -0.2) is 168 Å². The Bertz CT molecular complexity index is 1830. The smallest absolute Gasteiger partial charge is 0.320 e. The molecule has 3 unspecified atom stereocenters. The Morgan fingerprint density at radius 1 is 0.938 bits per heavy atom. The second-order valence-electron chi connectivity index (χ2n) is 13.8. The molecule has 0 fully saturated rings. The lowest BCUT2D eigenvalue weighted by Crippen LogP contribution is -2.37. The summed E-state index contributed by atoms with van der Waals surface area (Å²) in [5.74, 6) is 7.18. The number of carboxylic acids is 1. The summed E-state index contributed by atoms with van der Waals surface area (Å²) in [5.41, 5.74) is 21.1. The molecule has 0 aliphatic rings. The lowest BCUT2D eigenvalue weighted by Gasteiger charge is -2.18. The van der Waals surface area contributed by atoms with E-state index in [1.807, 2.05) is 13.8 Å². The Morgan fingerprint density at radius 2 is 1.63 bits per heavy atom. The molecule has 21 nitrogen and oxygen atoms in total. The van der Waals surface area contributed by atoms with Gasteiger partial charge in [0.15, 0.2) is 17.1 Å². The number of aliphatic carboxylic acids is 1. The van der Waals surface area contributed by atoms with Gasteiger partial charge in [-0.15, -0.1) is 0 Å². The van der Waals surface area contributed by atoms with E-state index in [2.05, 4.69) is 48.0 Å². The third kappa shape index (κ3) is 26.6. The number of hydrogen-bond acceptors (Lipinski definition) is 17. The monoisotopic (exact) mass is 935 g/mol. The van der Waals surface area contributed by atoms with Gasteiger partial charge in [-0.1, -0.05) is 31.9 Å². The van der Waals surface area contributed by atoms with Gasteiger partial charge in [0.2, 0.25) is 11.6 Å². The van der Waals surface area contributed by atoms with Crippen molar-refractivity contribution in [2.24, 2.45) is 22.3 Å². The number of carbonyl (C=O) groups excluding carboxylic acids is 2. The molecule has 0 bridgehead atoms. The number of fused-ring (bicyclic) bond motifs is 1.